The summed E-state index contributed by atoms with van der Waals surface area (Å²) in [6, 6.07) is 16.3. The average molecular weight is 360 g/mol. The van der Waals surface area contributed by atoms with Crippen LogP contribution >= 0.6 is 0 Å². The van der Waals surface area contributed by atoms with E-state index in [1.807, 2.05) is 24.3 Å². The summed E-state index contributed by atoms with van der Waals surface area (Å²) in [4.78, 5) is 8.64. The lowest BCUT2D eigenvalue weighted by atomic mass is 10.2. The third kappa shape index (κ3) is 3.84. The number of rotatable bonds is 5. The number of nitrogens with one attached hydrogen (secondary N) is 2. The van der Waals surface area contributed by atoms with Gasteiger partial charge in [0, 0.05) is 18.9 Å². The van der Waals surface area contributed by atoms with Gasteiger partial charge in [0.2, 0.25) is 0 Å². The van der Waals surface area contributed by atoms with Crippen LogP contribution in [0.1, 0.15) is 29.1 Å². The molecule has 0 amide bonds. The Morgan fingerprint density at radius 1 is 1.04 bits per heavy atom. The van der Waals surface area contributed by atoms with Gasteiger partial charge in [0.05, 0.1) is 30.2 Å². The molecular weight excluding hydrogens is 336 g/mol. The molecule has 0 saturated carbocycles. The Labute approximate surface area is 159 Å². The second kappa shape index (κ2) is 8.03. The van der Waals surface area contributed by atoms with Gasteiger partial charge < -0.3 is 10.6 Å². The zero-order valence-corrected chi connectivity index (χ0v) is 15.5. The molecule has 1 aromatic carbocycles. The van der Waals surface area contributed by atoms with E-state index in [1.54, 1.807) is 13.2 Å². The Hall–Kier alpha value is -3.15. The fraction of sp³-hybridized carbons (Fsp3) is 0.286. The predicted octanol–water partition coefficient (Wildman–Crippen LogP) is 2.62. The number of nitrogens with zero attached hydrogens (tertiary/aromatic N) is 4. The van der Waals surface area contributed by atoms with E-state index in [9.17, 15) is 0 Å². The van der Waals surface area contributed by atoms with Crippen LogP contribution in [0.25, 0.3) is 5.69 Å². The van der Waals surface area contributed by atoms with Crippen molar-refractivity contribution in [3.8, 4) is 5.69 Å². The molecule has 0 spiro atoms. The lowest BCUT2D eigenvalue weighted by Crippen LogP contribution is -2.36. The van der Waals surface area contributed by atoms with Crippen molar-refractivity contribution in [2.24, 2.45) is 4.99 Å². The summed E-state index contributed by atoms with van der Waals surface area (Å²) < 4.78 is 2.10. The van der Waals surface area contributed by atoms with Crippen LogP contribution < -0.4 is 10.6 Å². The standard InChI is InChI=1S/C21H24N6/c1-22-21(24-14-16-8-5-6-13-23-16)25-15-19-18-11-7-12-20(18)27(26-19)17-9-3-2-4-10-17/h2-6,8-10,13H,7,11-12,14-15H2,1H3,(H2,22,24,25). The van der Waals surface area contributed by atoms with Gasteiger partial charge >= 0.3 is 0 Å². The number of guanidine groups is 1. The zero-order chi connectivity index (χ0) is 18.5. The Morgan fingerprint density at radius 3 is 2.63 bits per heavy atom. The maximum absolute atomic E-state index is 4.89. The topological polar surface area (TPSA) is 67.1 Å². The van der Waals surface area contributed by atoms with Gasteiger partial charge in [-0.25, -0.2) is 4.68 Å². The van der Waals surface area contributed by atoms with Gasteiger partial charge in [0.25, 0.3) is 0 Å². The molecule has 2 N–H and O–H groups in total. The van der Waals surface area contributed by atoms with E-state index < -0.39 is 0 Å². The minimum absolute atomic E-state index is 0.636. The molecule has 1 aliphatic rings. The van der Waals surface area contributed by atoms with E-state index in [0.29, 0.717) is 13.1 Å². The number of benzene rings is 1. The summed E-state index contributed by atoms with van der Waals surface area (Å²) in [5, 5.41) is 11.6. The number of aliphatic imine (C=N–C) groups is 1. The lowest BCUT2D eigenvalue weighted by Gasteiger charge is -2.11. The van der Waals surface area contributed by atoms with E-state index in [2.05, 4.69) is 49.6 Å². The molecule has 3 aromatic rings. The first kappa shape index (κ1) is 17.3. The summed E-state index contributed by atoms with van der Waals surface area (Å²) >= 11 is 0. The number of hydrogen-bond acceptors (Lipinski definition) is 3. The van der Waals surface area contributed by atoms with Crippen LogP contribution in [0.4, 0.5) is 0 Å². The molecule has 6 nitrogen and oxygen atoms in total. The fourth-order valence-corrected chi connectivity index (χ4v) is 3.50. The van der Waals surface area contributed by atoms with Crippen LogP contribution in [0.2, 0.25) is 0 Å². The molecule has 0 atom stereocenters. The van der Waals surface area contributed by atoms with Crippen molar-refractivity contribution in [2.45, 2.75) is 32.4 Å². The van der Waals surface area contributed by atoms with Gasteiger partial charge in [-0.1, -0.05) is 24.3 Å². The van der Waals surface area contributed by atoms with Gasteiger partial charge in [0.1, 0.15) is 0 Å². The quantitative estimate of drug-likeness (QED) is 0.542. The van der Waals surface area contributed by atoms with E-state index in [4.69, 9.17) is 5.10 Å². The van der Waals surface area contributed by atoms with E-state index in [0.717, 1.165) is 35.9 Å². The first-order valence-corrected chi connectivity index (χ1v) is 9.34. The fourth-order valence-electron chi connectivity index (χ4n) is 3.50. The average Bonchev–Trinajstić information content (AvgIpc) is 3.33. The summed E-state index contributed by atoms with van der Waals surface area (Å²) in [5.41, 5.74) is 5.93. The van der Waals surface area contributed by atoms with E-state index in [-0.39, 0.29) is 0 Å². The summed E-state index contributed by atoms with van der Waals surface area (Å²) in [6.45, 7) is 1.29. The highest BCUT2D eigenvalue weighted by Crippen LogP contribution is 2.27. The number of aromatic nitrogens is 3. The second-order valence-corrected chi connectivity index (χ2v) is 6.57. The van der Waals surface area contributed by atoms with Crippen molar-refractivity contribution in [1.29, 1.82) is 0 Å². The largest absolute Gasteiger partial charge is 0.351 e. The Balaban J connectivity index is 1.45. The lowest BCUT2D eigenvalue weighted by molar-refractivity contribution is 0.730. The molecule has 0 radical (unpaired) electrons. The van der Waals surface area contributed by atoms with Gasteiger partial charge in [-0.2, -0.15) is 5.10 Å². The summed E-state index contributed by atoms with van der Waals surface area (Å²) in [6.07, 6.45) is 5.18. The molecule has 4 rings (SSSR count). The van der Waals surface area contributed by atoms with Crippen LogP contribution in [0.5, 0.6) is 0 Å². The Morgan fingerprint density at radius 2 is 1.85 bits per heavy atom. The van der Waals surface area contributed by atoms with Gasteiger partial charge in [-0.15, -0.1) is 0 Å². The number of fused-ring (bicyclic) bond motifs is 1. The van der Waals surface area contributed by atoms with E-state index in [1.165, 1.54) is 17.7 Å². The highest BCUT2D eigenvalue weighted by atomic mass is 15.3. The Bertz CT molecular complexity index is 915. The monoisotopic (exact) mass is 360 g/mol. The molecule has 0 saturated heterocycles. The molecule has 2 aromatic heterocycles. The molecule has 27 heavy (non-hydrogen) atoms. The van der Waals surface area contributed by atoms with E-state index >= 15 is 0 Å². The molecule has 0 aliphatic heterocycles. The summed E-state index contributed by atoms with van der Waals surface area (Å²) in [7, 11) is 1.78. The minimum Gasteiger partial charge on any atom is -0.351 e. The molecule has 6 heteroatoms. The predicted molar refractivity (Wildman–Crippen MR) is 107 cm³/mol. The molecule has 2 heterocycles. The van der Waals surface area contributed by atoms with Crippen LogP contribution in [-0.4, -0.2) is 27.8 Å². The van der Waals surface area contributed by atoms with Gasteiger partial charge in [-0.3, -0.25) is 9.98 Å². The first-order valence-electron chi connectivity index (χ1n) is 9.34. The third-order valence-electron chi connectivity index (χ3n) is 4.82. The highest BCUT2D eigenvalue weighted by molar-refractivity contribution is 5.79. The molecular formula is C21H24N6. The number of para-hydroxylation sites is 1. The smallest absolute Gasteiger partial charge is 0.191 e. The van der Waals surface area contributed by atoms with Crippen LogP contribution in [-0.2, 0) is 25.9 Å². The molecule has 1 aliphatic carbocycles. The third-order valence-corrected chi connectivity index (χ3v) is 4.82. The highest BCUT2D eigenvalue weighted by Gasteiger charge is 2.23. The number of pyridine rings is 1. The van der Waals surface area contributed by atoms with Crippen molar-refractivity contribution in [3.05, 3.63) is 77.4 Å². The zero-order valence-electron chi connectivity index (χ0n) is 15.5. The van der Waals surface area contributed by atoms with Crippen molar-refractivity contribution < 1.29 is 0 Å². The normalized spacial score (nSPS) is 13.4. The molecule has 0 unspecified atom stereocenters. The second-order valence-electron chi connectivity index (χ2n) is 6.57. The van der Waals surface area contributed by atoms with Crippen LogP contribution in [0.15, 0.2) is 59.7 Å². The summed E-state index contributed by atoms with van der Waals surface area (Å²) in [5.74, 6) is 0.752. The minimum atomic E-state index is 0.636. The first-order chi connectivity index (χ1) is 13.3. The van der Waals surface area contributed by atoms with Crippen molar-refractivity contribution in [2.75, 3.05) is 7.05 Å². The van der Waals surface area contributed by atoms with Crippen LogP contribution in [0, 0.1) is 0 Å². The molecule has 0 bridgehead atoms. The molecule has 0 fully saturated rings. The SMILES string of the molecule is CN=C(NCc1ccccn1)NCc1nn(-c2ccccc2)c2c1CCC2. The van der Waals surface area contributed by atoms with Crippen molar-refractivity contribution in [1.82, 2.24) is 25.4 Å². The van der Waals surface area contributed by atoms with Crippen LogP contribution in [0.3, 0.4) is 0 Å². The van der Waals surface area contributed by atoms with Crippen molar-refractivity contribution >= 4 is 5.96 Å². The Kier molecular flexibility index (Phi) is 5.14. The van der Waals surface area contributed by atoms with Gasteiger partial charge in [0.15, 0.2) is 5.96 Å². The molecule has 138 valence electrons. The maximum Gasteiger partial charge on any atom is 0.191 e. The van der Waals surface area contributed by atoms with Crippen molar-refractivity contribution in [3.63, 3.8) is 0 Å². The van der Waals surface area contributed by atoms with Gasteiger partial charge in [-0.05, 0) is 49.1 Å². The number of hydrogen-bond donors (Lipinski definition) is 2. The maximum atomic E-state index is 4.89.